The minimum Gasteiger partial charge on any atom is -0.379 e. The molecule has 1 aliphatic rings. The molecule has 0 aromatic carbocycles. The number of nitrogens with zero attached hydrogens (tertiary/aromatic N) is 2. The Balaban J connectivity index is 1.89. The molecule has 1 aliphatic heterocycles. The second-order valence-corrected chi connectivity index (χ2v) is 5.82. The van der Waals surface area contributed by atoms with E-state index in [0.717, 1.165) is 19.2 Å². The van der Waals surface area contributed by atoms with Gasteiger partial charge in [0.25, 0.3) is 10.0 Å². The molecule has 8 heteroatoms. The molecule has 2 rings (SSSR count). The van der Waals surface area contributed by atoms with Crippen molar-refractivity contribution in [2.24, 2.45) is 0 Å². The van der Waals surface area contributed by atoms with Crippen LogP contribution in [0.5, 0.6) is 0 Å². The standard InChI is InChI=1S/C11H16FN3O3S/c12-10-2-1-3-13-11(10)19(16,17)14-4-5-15-6-8-18-9-7-15/h1-3,14H,4-9H2. The number of aromatic nitrogens is 1. The van der Waals surface area contributed by atoms with Crippen LogP contribution < -0.4 is 4.72 Å². The number of halogens is 1. The quantitative estimate of drug-likeness (QED) is 0.815. The highest BCUT2D eigenvalue weighted by Crippen LogP contribution is 2.09. The summed E-state index contributed by atoms with van der Waals surface area (Å²) in [6, 6.07) is 2.42. The van der Waals surface area contributed by atoms with Gasteiger partial charge in [-0.2, -0.15) is 0 Å². The first-order chi connectivity index (χ1) is 9.09. The molecule has 2 heterocycles. The van der Waals surface area contributed by atoms with Crippen LogP contribution in [-0.2, 0) is 14.8 Å². The van der Waals surface area contributed by atoms with Crippen molar-refractivity contribution in [2.45, 2.75) is 5.03 Å². The third-order valence-corrected chi connectivity index (χ3v) is 4.20. The molecular formula is C11H16FN3O3S. The number of morpholine rings is 1. The third-order valence-electron chi connectivity index (χ3n) is 2.80. The molecular weight excluding hydrogens is 273 g/mol. The summed E-state index contributed by atoms with van der Waals surface area (Å²) in [7, 11) is -3.89. The Morgan fingerprint density at radius 3 is 2.84 bits per heavy atom. The molecule has 1 saturated heterocycles. The average molecular weight is 289 g/mol. The first-order valence-corrected chi connectivity index (χ1v) is 7.48. The predicted octanol–water partition coefficient (Wildman–Crippen LogP) is -0.169. The normalized spacial score (nSPS) is 17.5. The zero-order valence-electron chi connectivity index (χ0n) is 10.4. The van der Waals surface area contributed by atoms with E-state index in [-0.39, 0.29) is 6.54 Å². The maximum atomic E-state index is 13.4. The number of pyridine rings is 1. The molecule has 1 aromatic heterocycles. The fourth-order valence-corrected chi connectivity index (χ4v) is 2.82. The maximum Gasteiger partial charge on any atom is 0.261 e. The smallest absolute Gasteiger partial charge is 0.261 e. The largest absolute Gasteiger partial charge is 0.379 e. The van der Waals surface area contributed by atoms with Gasteiger partial charge in [-0.1, -0.05) is 0 Å². The van der Waals surface area contributed by atoms with E-state index in [4.69, 9.17) is 4.74 Å². The second-order valence-electron chi connectivity index (χ2n) is 4.14. The Labute approximate surface area is 111 Å². The van der Waals surface area contributed by atoms with Crippen molar-refractivity contribution in [3.63, 3.8) is 0 Å². The van der Waals surface area contributed by atoms with Crippen LogP contribution in [0.3, 0.4) is 0 Å². The average Bonchev–Trinajstić information content (AvgIpc) is 2.40. The van der Waals surface area contributed by atoms with Crippen molar-refractivity contribution in [1.29, 1.82) is 0 Å². The Bertz CT molecular complexity index is 518. The van der Waals surface area contributed by atoms with Gasteiger partial charge in [-0.25, -0.2) is 22.5 Å². The molecule has 0 unspecified atom stereocenters. The Hall–Kier alpha value is -1.09. The van der Waals surface area contributed by atoms with Crippen LogP contribution in [0.25, 0.3) is 0 Å². The maximum absolute atomic E-state index is 13.4. The lowest BCUT2D eigenvalue weighted by atomic mass is 10.4. The topological polar surface area (TPSA) is 71.5 Å². The predicted molar refractivity (Wildman–Crippen MR) is 66.6 cm³/mol. The molecule has 0 radical (unpaired) electrons. The molecule has 0 bridgehead atoms. The number of sulfonamides is 1. The summed E-state index contributed by atoms with van der Waals surface area (Å²) in [5, 5.41) is -0.558. The molecule has 0 amide bonds. The van der Waals surface area contributed by atoms with Crippen LogP contribution in [0.4, 0.5) is 4.39 Å². The molecule has 1 aromatic rings. The number of hydrogen-bond donors (Lipinski definition) is 1. The molecule has 106 valence electrons. The Morgan fingerprint density at radius 1 is 1.42 bits per heavy atom. The SMILES string of the molecule is O=S(=O)(NCCN1CCOCC1)c1ncccc1F. The van der Waals surface area contributed by atoms with Crippen LogP contribution in [0.2, 0.25) is 0 Å². The van der Waals surface area contributed by atoms with E-state index in [0.29, 0.717) is 19.8 Å². The van der Waals surface area contributed by atoms with Gasteiger partial charge in [0.15, 0.2) is 5.82 Å². The van der Waals surface area contributed by atoms with Crippen LogP contribution in [0.1, 0.15) is 0 Å². The lowest BCUT2D eigenvalue weighted by Gasteiger charge is -2.26. The summed E-state index contributed by atoms with van der Waals surface area (Å²) < 4.78 is 44.6. The monoisotopic (exact) mass is 289 g/mol. The van der Waals surface area contributed by atoms with Gasteiger partial charge in [-0.05, 0) is 12.1 Å². The first kappa shape index (κ1) is 14.3. The second kappa shape index (κ2) is 6.38. The van der Waals surface area contributed by atoms with Crippen LogP contribution in [0.15, 0.2) is 23.4 Å². The van der Waals surface area contributed by atoms with Crippen molar-refractivity contribution in [3.05, 3.63) is 24.1 Å². The van der Waals surface area contributed by atoms with Gasteiger partial charge in [-0.3, -0.25) is 4.90 Å². The number of rotatable bonds is 5. The van der Waals surface area contributed by atoms with E-state index >= 15 is 0 Å². The summed E-state index contributed by atoms with van der Waals surface area (Å²) >= 11 is 0. The number of ether oxygens (including phenoxy) is 1. The van der Waals surface area contributed by atoms with E-state index in [1.165, 1.54) is 12.3 Å². The highest BCUT2D eigenvalue weighted by atomic mass is 32.2. The summed E-state index contributed by atoms with van der Waals surface area (Å²) in [5.41, 5.74) is 0. The van der Waals surface area contributed by atoms with Gasteiger partial charge >= 0.3 is 0 Å². The number of nitrogens with one attached hydrogen (secondary N) is 1. The summed E-state index contributed by atoms with van der Waals surface area (Å²) in [4.78, 5) is 5.64. The van der Waals surface area contributed by atoms with E-state index in [1.807, 2.05) is 0 Å². The van der Waals surface area contributed by atoms with Crippen LogP contribution in [-0.4, -0.2) is 57.7 Å². The van der Waals surface area contributed by atoms with Crippen molar-refractivity contribution >= 4 is 10.0 Å². The van der Waals surface area contributed by atoms with Gasteiger partial charge in [0.1, 0.15) is 0 Å². The minimum atomic E-state index is -3.89. The van der Waals surface area contributed by atoms with E-state index < -0.39 is 20.9 Å². The van der Waals surface area contributed by atoms with E-state index in [1.54, 1.807) is 0 Å². The number of hydrogen-bond acceptors (Lipinski definition) is 5. The lowest BCUT2D eigenvalue weighted by Crippen LogP contribution is -2.41. The van der Waals surface area contributed by atoms with E-state index in [2.05, 4.69) is 14.6 Å². The van der Waals surface area contributed by atoms with Gasteiger partial charge in [-0.15, -0.1) is 0 Å². The minimum absolute atomic E-state index is 0.221. The Kier molecular flexibility index (Phi) is 4.81. The summed E-state index contributed by atoms with van der Waals surface area (Å²) in [5.74, 6) is -0.846. The molecule has 0 spiro atoms. The van der Waals surface area contributed by atoms with Gasteiger partial charge < -0.3 is 4.74 Å². The highest BCUT2D eigenvalue weighted by molar-refractivity contribution is 7.89. The zero-order chi connectivity index (χ0) is 13.7. The highest BCUT2D eigenvalue weighted by Gasteiger charge is 2.20. The molecule has 0 saturated carbocycles. The summed E-state index contributed by atoms with van der Waals surface area (Å²) in [6.45, 7) is 3.65. The van der Waals surface area contributed by atoms with Gasteiger partial charge in [0, 0.05) is 32.4 Å². The van der Waals surface area contributed by atoms with E-state index in [9.17, 15) is 12.8 Å². The molecule has 1 N–H and O–H groups in total. The van der Waals surface area contributed by atoms with Crippen LogP contribution in [0, 0.1) is 5.82 Å². The van der Waals surface area contributed by atoms with Crippen molar-refractivity contribution in [1.82, 2.24) is 14.6 Å². The van der Waals surface area contributed by atoms with Crippen molar-refractivity contribution in [3.8, 4) is 0 Å². The molecule has 0 atom stereocenters. The lowest BCUT2D eigenvalue weighted by molar-refractivity contribution is 0.0390. The van der Waals surface area contributed by atoms with Crippen molar-refractivity contribution < 1.29 is 17.5 Å². The Morgan fingerprint density at radius 2 is 2.16 bits per heavy atom. The first-order valence-electron chi connectivity index (χ1n) is 6.00. The van der Waals surface area contributed by atoms with Gasteiger partial charge in [0.05, 0.1) is 13.2 Å². The molecule has 1 fully saturated rings. The van der Waals surface area contributed by atoms with Gasteiger partial charge in [0.2, 0.25) is 5.03 Å². The fourth-order valence-electron chi connectivity index (χ4n) is 1.80. The fraction of sp³-hybridized carbons (Fsp3) is 0.545. The molecule has 0 aliphatic carbocycles. The van der Waals surface area contributed by atoms with Crippen LogP contribution >= 0.6 is 0 Å². The third kappa shape index (κ3) is 3.93. The summed E-state index contributed by atoms with van der Waals surface area (Å²) in [6.07, 6.45) is 1.25. The molecule has 19 heavy (non-hydrogen) atoms. The molecule has 6 nitrogen and oxygen atoms in total. The van der Waals surface area contributed by atoms with Crippen molar-refractivity contribution in [2.75, 3.05) is 39.4 Å². The zero-order valence-corrected chi connectivity index (χ0v) is 11.2.